The van der Waals surface area contributed by atoms with Crippen molar-refractivity contribution in [3.05, 3.63) is 12.0 Å². The first kappa shape index (κ1) is 12.5. The average Bonchev–Trinajstić information content (AvgIpc) is 2.62. The van der Waals surface area contributed by atoms with Gasteiger partial charge in [-0.25, -0.2) is 19.1 Å². The second-order valence-electron chi connectivity index (χ2n) is 2.90. The van der Waals surface area contributed by atoms with E-state index in [9.17, 15) is 18.0 Å². The molecule has 9 heteroatoms. The number of amides is 1. The molecule has 1 aliphatic rings. The van der Waals surface area contributed by atoms with E-state index >= 15 is 0 Å². The third kappa shape index (κ3) is 2.70. The molecule has 1 amide bonds. The lowest BCUT2D eigenvalue weighted by Gasteiger charge is -2.16. The Bertz CT molecular complexity index is 417. The van der Waals surface area contributed by atoms with Gasteiger partial charge in [0.1, 0.15) is 12.7 Å². The first-order chi connectivity index (χ1) is 7.36. The maximum atomic E-state index is 11.2. The molecule has 1 fully saturated rings. The lowest BCUT2D eigenvalue weighted by atomic mass is 10.3. The molecule has 0 aliphatic carbocycles. The third-order valence-corrected chi connectivity index (χ3v) is 2.88. The smallest absolute Gasteiger partial charge is 0.439 e. The quantitative estimate of drug-likeness (QED) is 0.298. The standard InChI is InChI=1S/C7H10N2O6S/c1-2-16(12,13)9(8)7(11)15-5-3-6(10)14-4-5/h2,5H,1,3-4,8H2. The summed E-state index contributed by atoms with van der Waals surface area (Å²) in [6, 6.07) is 0. The number of rotatable bonds is 3. The fourth-order valence-electron chi connectivity index (χ4n) is 0.944. The van der Waals surface area contributed by atoms with E-state index < -0.39 is 28.2 Å². The van der Waals surface area contributed by atoms with Crippen LogP contribution >= 0.6 is 0 Å². The second kappa shape index (κ2) is 4.49. The lowest BCUT2D eigenvalue weighted by molar-refractivity contribution is -0.137. The van der Waals surface area contributed by atoms with E-state index in [1.54, 1.807) is 0 Å². The van der Waals surface area contributed by atoms with Gasteiger partial charge in [0.2, 0.25) is 0 Å². The summed E-state index contributed by atoms with van der Waals surface area (Å²) < 4.78 is 31.2. The van der Waals surface area contributed by atoms with Crippen LogP contribution in [0.15, 0.2) is 12.0 Å². The van der Waals surface area contributed by atoms with Gasteiger partial charge in [-0.1, -0.05) is 6.58 Å². The number of hydrazine groups is 1. The molecule has 0 aromatic carbocycles. The van der Waals surface area contributed by atoms with Crippen molar-refractivity contribution in [3.63, 3.8) is 0 Å². The monoisotopic (exact) mass is 250 g/mol. The number of hydrogen-bond donors (Lipinski definition) is 1. The van der Waals surface area contributed by atoms with E-state index in [0.29, 0.717) is 5.41 Å². The van der Waals surface area contributed by atoms with Crippen LogP contribution in [0, 0.1) is 0 Å². The fraction of sp³-hybridized carbons (Fsp3) is 0.429. The number of carbonyl (C=O) groups is 2. The zero-order valence-corrected chi connectivity index (χ0v) is 8.97. The molecule has 0 bridgehead atoms. The number of carbonyl (C=O) groups excluding carboxylic acids is 2. The Morgan fingerprint density at radius 3 is 2.75 bits per heavy atom. The molecule has 90 valence electrons. The van der Waals surface area contributed by atoms with E-state index in [1.807, 2.05) is 0 Å². The van der Waals surface area contributed by atoms with Crippen molar-refractivity contribution in [3.8, 4) is 0 Å². The highest BCUT2D eigenvalue weighted by atomic mass is 32.2. The number of cyclic esters (lactones) is 1. The minimum absolute atomic E-state index is 0.0944. The Kier molecular flexibility index (Phi) is 3.50. The summed E-state index contributed by atoms with van der Waals surface area (Å²) in [6.45, 7) is 2.88. The highest BCUT2D eigenvalue weighted by molar-refractivity contribution is 7.92. The molecule has 2 N–H and O–H groups in total. The third-order valence-electron chi connectivity index (χ3n) is 1.76. The number of hydrogen-bond acceptors (Lipinski definition) is 7. The van der Waals surface area contributed by atoms with Crippen LogP contribution < -0.4 is 5.84 Å². The molecule has 0 aromatic rings. The van der Waals surface area contributed by atoms with Crippen LogP contribution in [0.2, 0.25) is 0 Å². The maximum absolute atomic E-state index is 11.2. The number of nitrogens with two attached hydrogens (primary N) is 1. The molecule has 16 heavy (non-hydrogen) atoms. The molecule has 0 radical (unpaired) electrons. The second-order valence-corrected chi connectivity index (χ2v) is 4.66. The van der Waals surface area contributed by atoms with Crippen LogP contribution in [-0.2, 0) is 24.3 Å². The molecule has 0 spiro atoms. The minimum atomic E-state index is -4.08. The van der Waals surface area contributed by atoms with Crippen molar-refractivity contribution in [1.29, 1.82) is 0 Å². The van der Waals surface area contributed by atoms with E-state index in [4.69, 9.17) is 5.84 Å². The molecule has 1 atom stereocenters. The zero-order valence-electron chi connectivity index (χ0n) is 8.16. The van der Waals surface area contributed by atoms with E-state index in [1.165, 1.54) is 0 Å². The Balaban J connectivity index is 2.59. The summed E-state index contributed by atoms with van der Waals surface area (Å²) in [7, 11) is -4.08. The number of nitrogens with zero attached hydrogens (tertiary/aromatic N) is 1. The SMILES string of the molecule is C=CS(=O)(=O)N(N)C(=O)OC1COC(=O)C1. The summed E-state index contributed by atoms with van der Waals surface area (Å²) in [5, 5.41) is 0.505. The average molecular weight is 250 g/mol. The maximum Gasteiger partial charge on any atom is 0.439 e. The first-order valence-corrected chi connectivity index (χ1v) is 5.66. The molecule has 1 aliphatic heterocycles. The Morgan fingerprint density at radius 2 is 2.31 bits per heavy atom. The van der Waals surface area contributed by atoms with Gasteiger partial charge in [-0.15, -0.1) is 4.41 Å². The summed E-state index contributed by atoms with van der Waals surface area (Å²) in [4.78, 5) is 21.9. The first-order valence-electron chi connectivity index (χ1n) is 4.15. The van der Waals surface area contributed by atoms with Crippen molar-refractivity contribution in [2.45, 2.75) is 12.5 Å². The molecule has 0 aromatic heterocycles. The lowest BCUT2D eigenvalue weighted by Crippen LogP contribution is -2.43. The van der Waals surface area contributed by atoms with Gasteiger partial charge in [-0.05, 0) is 0 Å². The van der Waals surface area contributed by atoms with Crippen LogP contribution in [0.3, 0.4) is 0 Å². The Labute approximate surface area is 91.6 Å². The molecule has 1 rings (SSSR count). The van der Waals surface area contributed by atoms with Gasteiger partial charge in [-0.2, -0.15) is 0 Å². The highest BCUT2D eigenvalue weighted by Gasteiger charge is 2.31. The minimum Gasteiger partial charge on any atom is -0.462 e. The number of esters is 1. The van der Waals surface area contributed by atoms with E-state index in [2.05, 4.69) is 16.1 Å². The van der Waals surface area contributed by atoms with Crippen LogP contribution in [0.4, 0.5) is 4.79 Å². The topological polar surface area (TPSA) is 116 Å². The van der Waals surface area contributed by atoms with E-state index in [0.717, 1.165) is 0 Å². The fourth-order valence-corrected chi connectivity index (χ4v) is 1.36. The van der Waals surface area contributed by atoms with Gasteiger partial charge in [0.05, 0.1) is 6.42 Å². The summed E-state index contributed by atoms with van der Waals surface area (Å²) in [5.41, 5.74) is 0. The number of ether oxygens (including phenoxy) is 2. The van der Waals surface area contributed by atoms with Gasteiger partial charge in [-0.3, -0.25) is 4.79 Å². The molecule has 1 heterocycles. The highest BCUT2D eigenvalue weighted by Crippen LogP contribution is 2.11. The van der Waals surface area contributed by atoms with Crippen molar-refractivity contribution >= 4 is 22.1 Å². The van der Waals surface area contributed by atoms with E-state index in [-0.39, 0.29) is 17.4 Å². The van der Waals surface area contributed by atoms with Crippen molar-refractivity contribution < 1.29 is 27.5 Å². The van der Waals surface area contributed by atoms with Crippen molar-refractivity contribution in [2.24, 2.45) is 5.84 Å². The predicted molar refractivity (Wildman–Crippen MR) is 51.0 cm³/mol. The molecule has 1 saturated heterocycles. The van der Waals surface area contributed by atoms with Crippen LogP contribution in [0.1, 0.15) is 6.42 Å². The summed E-state index contributed by atoms with van der Waals surface area (Å²) in [5.74, 6) is 4.47. The van der Waals surface area contributed by atoms with Gasteiger partial charge in [0, 0.05) is 5.41 Å². The van der Waals surface area contributed by atoms with Crippen molar-refractivity contribution in [2.75, 3.05) is 6.61 Å². The summed E-state index contributed by atoms with van der Waals surface area (Å²) >= 11 is 0. The van der Waals surface area contributed by atoms with Gasteiger partial charge >= 0.3 is 12.1 Å². The largest absolute Gasteiger partial charge is 0.462 e. The van der Waals surface area contributed by atoms with Crippen LogP contribution in [0.5, 0.6) is 0 Å². The van der Waals surface area contributed by atoms with Gasteiger partial charge in [0.25, 0.3) is 10.0 Å². The van der Waals surface area contributed by atoms with Crippen LogP contribution in [-0.4, -0.2) is 37.6 Å². The van der Waals surface area contributed by atoms with Crippen molar-refractivity contribution in [1.82, 2.24) is 4.41 Å². The number of sulfonamides is 1. The molecule has 8 nitrogen and oxygen atoms in total. The normalized spacial score (nSPS) is 20.1. The summed E-state index contributed by atoms with van der Waals surface area (Å²) in [6.07, 6.45) is -2.22. The van der Waals surface area contributed by atoms with Crippen LogP contribution in [0.25, 0.3) is 0 Å². The molecular weight excluding hydrogens is 240 g/mol. The Morgan fingerprint density at radius 1 is 1.69 bits per heavy atom. The zero-order chi connectivity index (χ0) is 12.3. The Hall–Kier alpha value is -1.61. The molecule has 0 saturated carbocycles. The van der Waals surface area contributed by atoms with Gasteiger partial charge < -0.3 is 9.47 Å². The molecule has 1 unspecified atom stereocenters. The van der Waals surface area contributed by atoms with Gasteiger partial charge in [0.15, 0.2) is 0 Å². The predicted octanol–water partition coefficient (Wildman–Crippen LogP) is -0.913. The molecular formula is C7H10N2O6S.